The number of anilines is 1. The Kier molecular flexibility index (Phi) is 5.34. The smallest absolute Gasteiger partial charge is 0.245 e. The number of aliphatic hydroxyl groups excluding tert-OH is 1. The molecule has 0 bridgehead atoms. The van der Waals surface area contributed by atoms with E-state index in [-0.39, 0.29) is 30.3 Å². The molecule has 0 aliphatic rings. The summed E-state index contributed by atoms with van der Waals surface area (Å²) in [6, 6.07) is 4.35. The van der Waals surface area contributed by atoms with Crippen molar-refractivity contribution in [2.24, 2.45) is 0 Å². The van der Waals surface area contributed by atoms with E-state index in [9.17, 15) is 8.42 Å². The van der Waals surface area contributed by atoms with E-state index >= 15 is 0 Å². The van der Waals surface area contributed by atoms with Crippen LogP contribution in [-0.2, 0) is 10.0 Å². The zero-order valence-corrected chi connectivity index (χ0v) is 11.6. The van der Waals surface area contributed by atoms with Crippen molar-refractivity contribution < 1.29 is 18.3 Å². The summed E-state index contributed by atoms with van der Waals surface area (Å²) < 4.78 is 30.8. The number of sulfonamides is 1. The second-order valence-electron chi connectivity index (χ2n) is 3.78. The maximum atomic E-state index is 12.4. The molecule has 1 aromatic rings. The van der Waals surface area contributed by atoms with Gasteiger partial charge in [0.25, 0.3) is 0 Å². The molecule has 0 aliphatic heterocycles. The van der Waals surface area contributed by atoms with Crippen LogP contribution in [0.2, 0.25) is 0 Å². The predicted octanol–water partition coefficient (Wildman–Crippen LogP) is 0.446. The number of aliphatic hydroxyl groups is 1. The molecule has 0 aliphatic carbocycles. The fourth-order valence-electron chi connectivity index (χ4n) is 1.59. The Morgan fingerprint density at radius 3 is 2.68 bits per heavy atom. The molecule has 1 aromatic carbocycles. The quantitative estimate of drug-likeness (QED) is 0.560. The predicted molar refractivity (Wildman–Crippen MR) is 73.4 cm³/mol. The number of methoxy groups -OCH3 is 1. The average Bonchev–Trinajstić information content (AvgIpc) is 2.38. The van der Waals surface area contributed by atoms with E-state index in [2.05, 4.69) is 6.58 Å². The fourth-order valence-corrected chi connectivity index (χ4v) is 3.09. The summed E-state index contributed by atoms with van der Waals surface area (Å²) in [4.78, 5) is -0.0106. The second kappa shape index (κ2) is 6.55. The third-order valence-corrected chi connectivity index (χ3v) is 4.46. The van der Waals surface area contributed by atoms with Crippen LogP contribution in [0.4, 0.5) is 5.69 Å². The van der Waals surface area contributed by atoms with Crippen LogP contribution in [0.1, 0.15) is 0 Å². The molecule has 1 rings (SSSR count). The van der Waals surface area contributed by atoms with Gasteiger partial charge in [-0.15, -0.1) is 6.58 Å². The van der Waals surface area contributed by atoms with Gasteiger partial charge in [-0.1, -0.05) is 6.08 Å². The number of hydrogen-bond acceptors (Lipinski definition) is 5. The van der Waals surface area contributed by atoms with Gasteiger partial charge in [0.1, 0.15) is 10.6 Å². The summed E-state index contributed by atoms with van der Waals surface area (Å²) in [7, 11) is -2.29. The van der Waals surface area contributed by atoms with Gasteiger partial charge in [-0.2, -0.15) is 4.31 Å². The largest absolute Gasteiger partial charge is 0.497 e. The molecule has 0 radical (unpaired) electrons. The Labute approximate surface area is 113 Å². The van der Waals surface area contributed by atoms with Crippen LogP contribution in [-0.4, -0.2) is 44.6 Å². The van der Waals surface area contributed by atoms with Crippen molar-refractivity contribution >= 4 is 15.7 Å². The molecule has 7 heteroatoms. The highest BCUT2D eigenvalue weighted by molar-refractivity contribution is 7.89. The van der Waals surface area contributed by atoms with Gasteiger partial charge < -0.3 is 15.6 Å². The van der Waals surface area contributed by atoms with E-state index < -0.39 is 10.0 Å². The third-order valence-electron chi connectivity index (χ3n) is 2.52. The van der Waals surface area contributed by atoms with Crippen LogP contribution in [0.15, 0.2) is 35.7 Å². The Balaban J connectivity index is 3.20. The van der Waals surface area contributed by atoms with Crippen molar-refractivity contribution in [3.05, 3.63) is 30.9 Å². The number of rotatable bonds is 7. The van der Waals surface area contributed by atoms with Gasteiger partial charge in [0.05, 0.1) is 19.4 Å². The Bertz CT molecular complexity index is 543. The second-order valence-corrected chi connectivity index (χ2v) is 5.69. The lowest BCUT2D eigenvalue weighted by atomic mass is 10.3. The highest BCUT2D eigenvalue weighted by Gasteiger charge is 2.25. The van der Waals surface area contributed by atoms with Crippen LogP contribution in [0.3, 0.4) is 0 Å². The number of nitrogens with two attached hydrogens (primary N) is 1. The summed E-state index contributed by atoms with van der Waals surface area (Å²) in [5, 5.41) is 8.93. The van der Waals surface area contributed by atoms with Gasteiger partial charge >= 0.3 is 0 Å². The molecule has 0 unspecified atom stereocenters. The summed E-state index contributed by atoms with van der Waals surface area (Å²) in [6.07, 6.45) is 1.45. The Morgan fingerprint density at radius 1 is 1.53 bits per heavy atom. The summed E-state index contributed by atoms with van der Waals surface area (Å²) >= 11 is 0. The zero-order chi connectivity index (χ0) is 14.5. The molecule has 0 fully saturated rings. The lowest BCUT2D eigenvalue weighted by molar-refractivity contribution is 0.260. The van der Waals surface area contributed by atoms with Crippen molar-refractivity contribution in [3.8, 4) is 5.75 Å². The summed E-state index contributed by atoms with van der Waals surface area (Å²) in [5.74, 6) is 0.480. The maximum Gasteiger partial charge on any atom is 0.245 e. The molecule has 0 amide bonds. The lowest BCUT2D eigenvalue weighted by Crippen LogP contribution is -2.34. The van der Waals surface area contributed by atoms with Gasteiger partial charge in [-0.05, 0) is 12.1 Å². The first kappa shape index (κ1) is 15.5. The van der Waals surface area contributed by atoms with E-state index in [1.165, 1.54) is 31.4 Å². The van der Waals surface area contributed by atoms with Crippen LogP contribution >= 0.6 is 0 Å². The average molecular weight is 286 g/mol. The first-order chi connectivity index (χ1) is 8.97. The van der Waals surface area contributed by atoms with Crippen molar-refractivity contribution in [2.45, 2.75) is 4.90 Å². The van der Waals surface area contributed by atoms with E-state index in [0.29, 0.717) is 5.75 Å². The molecule has 0 saturated heterocycles. The van der Waals surface area contributed by atoms with Crippen LogP contribution in [0.25, 0.3) is 0 Å². The van der Waals surface area contributed by atoms with E-state index in [4.69, 9.17) is 15.6 Å². The monoisotopic (exact) mass is 286 g/mol. The highest BCUT2D eigenvalue weighted by Crippen LogP contribution is 2.26. The molecule has 0 atom stereocenters. The lowest BCUT2D eigenvalue weighted by Gasteiger charge is -2.20. The summed E-state index contributed by atoms with van der Waals surface area (Å²) in [6.45, 7) is 3.32. The SMILES string of the molecule is C=CCN(CCO)S(=O)(=O)c1ccc(OC)cc1N. The number of nitrogen functional groups attached to an aromatic ring is 1. The molecule has 106 valence electrons. The standard InChI is InChI=1S/C12H18N2O4S/c1-3-6-14(7-8-15)19(16,17)12-5-4-10(18-2)9-11(12)13/h3-5,9,15H,1,6-8,13H2,2H3. The Morgan fingerprint density at radius 2 is 2.21 bits per heavy atom. The van der Waals surface area contributed by atoms with E-state index in [1.807, 2.05) is 0 Å². The minimum atomic E-state index is -3.76. The van der Waals surface area contributed by atoms with Gasteiger partial charge in [-0.3, -0.25) is 0 Å². The molecular formula is C12H18N2O4S. The molecule has 3 N–H and O–H groups in total. The molecule has 0 heterocycles. The van der Waals surface area contributed by atoms with E-state index in [1.54, 1.807) is 0 Å². The normalized spacial score (nSPS) is 11.5. The summed E-state index contributed by atoms with van der Waals surface area (Å²) in [5.41, 5.74) is 5.84. The fraction of sp³-hybridized carbons (Fsp3) is 0.333. The third kappa shape index (κ3) is 3.46. The van der Waals surface area contributed by atoms with Crippen molar-refractivity contribution in [1.82, 2.24) is 4.31 Å². The minimum Gasteiger partial charge on any atom is -0.497 e. The van der Waals surface area contributed by atoms with Crippen LogP contribution in [0.5, 0.6) is 5.75 Å². The zero-order valence-electron chi connectivity index (χ0n) is 10.7. The van der Waals surface area contributed by atoms with E-state index in [0.717, 1.165) is 4.31 Å². The maximum absolute atomic E-state index is 12.4. The van der Waals surface area contributed by atoms with Crippen molar-refractivity contribution in [1.29, 1.82) is 0 Å². The molecule has 0 spiro atoms. The van der Waals surface area contributed by atoms with Gasteiger partial charge in [0.15, 0.2) is 0 Å². The number of ether oxygens (including phenoxy) is 1. The Hall–Kier alpha value is -1.57. The molecular weight excluding hydrogens is 268 g/mol. The number of benzene rings is 1. The van der Waals surface area contributed by atoms with Gasteiger partial charge in [0, 0.05) is 19.2 Å². The highest BCUT2D eigenvalue weighted by atomic mass is 32.2. The van der Waals surface area contributed by atoms with Gasteiger partial charge in [-0.25, -0.2) is 8.42 Å². The molecule has 6 nitrogen and oxygen atoms in total. The van der Waals surface area contributed by atoms with Crippen molar-refractivity contribution in [2.75, 3.05) is 32.5 Å². The number of nitrogens with zero attached hydrogens (tertiary/aromatic N) is 1. The van der Waals surface area contributed by atoms with Gasteiger partial charge in [0.2, 0.25) is 10.0 Å². The first-order valence-electron chi connectivity index (χ1n) is 5.62. The first-order valence-corrected chi connectivity index (χ1v) is 7.06. The molecule has 0 saturated carbocycles. The topological polar surface area (TPSA) is 92.9 Å². The minimum absolute atomic E-state index is 0.0106. The van der Waals surface area contributed by atoms with Crippen molar-refractivity contribution in [3.63, 3.8) is 0 Å². The van der Waals surface area contributed by atoms with Crippen LogP contribution < -0.4 is 10.5 Å². The molecule has 19 heavy (non-hydrogen) atoms. The molecule has 0 aromatic heterocycles. The van der Waals surface area contributed by atoms with Crippen LogP contribution in [0, 0.1) is 0 Å². The number of hydrogen-bond donors (Lipinski definition) is 2.